The molecule has 112 valence electrons. The number of piperidine rings is 1. The Morgan fingerprint density at radius 1 is 1.20 bits per heavy atom. The maximum absolute atomic E-state index is 12.2. The molecule has 0 radical (unpaired) electrons. The largest absolute Gasteiger partial charge is 0.324 e. The van der Waals surface area contributed by atoms with Gasteiger partial charge in [-0.25, -0.2) is 12.7 Å². The monoisotopic (exact) mass is 315 g/mol. The number of pyridine rings is 1. The van der Waals surface area contributed by atoms with Gasteiger partial charge in [-0.1, -0.05) is 18.6 Å². The Morgan fingerprint density at radius 2 is 1.85 bits per heavy atom. The number of rotatable bonds is 4. The molecule has 0 aliphatic carbocycles. The minimum absolute atomic E-state index is 0.285. The molecular weight excluding hydrogens is 294 g/mol. The van der Waals surface area contributed by atoms with Crippen molar-refractivity contribution in [3.05, 3.63) is 23.0 Å². The summed E-state index contributed by atoms with van der Waals surface area (Å²) < 4.78 is 28.0. The quantitative estimate of drug-likeness (QED) is 0.796. The van der Waals surface area contributed by atoms with E-state index in [-0.39, 0.29) is 4.90 Å². The van der Waals surface area contributed by atoms with E-state index in [2.05, 4.69) is 4.90 Å². The van der Waals surface area contributed by atoms with E-state index in [9.17, 15) is 8.42 Å². The predicted octanol–water partition coefficient (Wildman–Crippen LogP) is 1.91. The van der Waals surface area contributed by atoms with E-state index in [1.807, 2.05) is 4.57 Å². The summed E-state index contributed by atoms with van der Waals surface area (Å²) in [7, 11) is -0.342. The van der Waals surface area contributed by atoms with Crippen molar-refractivity contribution in [2.45, 2.75) is 30.8 Å². The molecule has 0 aromatic carbocycles. The van der Waals surface area contributed by atoms with Gasteiger partial charge in [0.1, 0.15) is 4.64 Å². The van der Waals surface area contributed by atoms with Crippen molar-refractivity contribution >= 4 is 22.2 Å². The molecule has 0 bridgehead atoms. The van der Waals surface area contributed by atoms with Crippen LogP contribution in [0.4, 0.5) is 0 Å². The van der Waals surface area contributed by atoms with Gasteiger partial charge in [0.15, 0.2) is 0 Å². The van der Waals surface area contributed by atoms with E-state index < -0.39 is 10.0 Å². The molecule has 0 atom stereocenters. The van der Waals surface area contributed by atoms with Crippen LogP contribution < -0.4 is 0 Å². The molecule has 1 fully saturated rings. The van der Waals surface area contributed by atoms with Gasteiger partial charge in [-0.05, 0) is 38.1 Å². The molecule has 1 aromatic heterocycles. The van der Waals surface area contributed by atoms with Crippen molar-refractivity contribution in [3.63, 3.8) is 0 Å². The fraction of sp³-hybridized carbons (Fsp3) is 0.615. The van der Waals surface area contributed by atoms with Crippen LogP contribution in [-0.2, 0) is 16.7 Å². The lowest BCUT2D eigenvalue weighted by molar-refractivity contribution is 0.180. The number of hydrogen-bond donors (Lipinski definition) is 0. The number of aromatic nitrogens is 1. The molecule has 2 heterocycles. The van der Waals surface area contributed by atoms with E-state index in [1.165, 1.54) is 37.7 Å². The molecule has 1 aromatic rings. The van der Waals surface area contributed by atoms with Crippen LogP contribution in [0, 0.1) is 4.64 Å². The van der Waals surface area contributed by atoms with Gasteiger partial charge in [0.2, 0.25) is 10.0 Å². The van der Waals surface area contributed by atoms with Crippen LogP contribution in [0.2, 0.25) is 0 Å². The molecule has 1 saturated heterocycles. The zero-order valence-corrected chi connectivity index (χ0v) is 13.6. The summed E-state index contributed by atoms with van der Waals surface area (Å²) in [5, 5.41) is 0. The molecule has 0 unspecified atom stereocenters. The Labute approximate surface area is 125 Å². The number of sulfonamides is 1. The third kappa shape index (κ3) is 3.46. The summed E-state index contributed by atoms with van der Waals surface area (Å²) >= 11 is 5.30. The Balaban J connectivity index is 2.27. The van der Waals surface area contributed by atoms with Gasteiger partial charge in [-0.3, -0.25) is 4.90 Å². The van der Waals surface area contributed by atoms with Crippen LogP contribution in [0.1, 0.15) is 19.3 Å². The fourth-order valence-corrected chi connectivity index (χ4v) is 3.40. The highest BCUT2D eigenvalue weighted by Crippen LogP contribution is 2.15. The van der Waals surface area contributed by atoms with Gasteiger partial charge in [0.05, 0.1) is 11.6 Å². The van der Waals surface area contributed by atoms with Gasteiger partial charge in [0.25, 0.3) is 0 Å². The third-order valence-electron chi connectivity index (χ3n) is 3.54. The lowest BCUT2D eigenvalue weighted by Gasteiger charge is -2.27. The summed E-state index contributed by atoms with van der Waals surface area (Å²) in [5.41, 5.74) is 0. The van der Waals surface area contributed by atoms with E-state index in [0.717, 1.165) is 13.1 Å². The second-order valence-corrected chi connectivity index (χ2v) is 7.85. The molecule has 2 rings (SSSR count). The zero-order chi connectivity index (χ0) is 14.8. The first-order chi connectivity index (χ1) is 9.41. The predicted molar refractivity (Wildman–Crippen MR) is 81.6 cm³/mol. The summed E-state index contributed by atoms with van der Waals surface area (Å²) in [4.78, 5) is 2.60. The van der Waals surface area contributed by atoms with Crippen LogP contribution in [0.25, 0.3) is 0 Å². The fourth-order valence-electron chi connectivity index (χ4n) is 2.30. The minimum atomic E-state index is -3.41. The second kappa shape index (κ2) is 6.34. The molecule has 0 amide bonds. The third-order valence-corrected chi connectivity index (χ3v) is 5.71. The summed E-state index contributed by atoms with van der Waals surface area (Å²) in [5.74, 6) is 0. The van der Waals surface area contributed by atoms with Crippen molar-refractivity contribution in [1.29, 1.82) is 0 Å². The maximum atomic E-state index is 12.2. The topological polar surface area (TPSA) is 45.6 Å². The first kappa shape index (κ1) is 15.6. The first-order valence-electron chi connectivity index (χ1n) is 6.76. The highest BCUT2D eigenvalue weighted by molar-refractivity contribution is 7.89. The van der Waals surface area contributed by atoms with Crippen molar-refractivity contribution in [2.75, 3.05) is 27.2 Å². The summed E-state index contributed by atoms with van der Waals surface area (Å²) in [6.45, 7) is 2.76. The molecule has 1 aliphatic heterocycles. The summed E-state index contributed by atoms with van der Waals surface area (Å²) in [6, 6.07) is 3.26. The number of likely N-dealkylation sites (tertiary alicyclic amines) is 1. The number of nitrogens with zero attached hydrogens (tertiary/aromatic N) is 3. The van der Waals surface area contributed by atoms with Crippen molar-refractivity contribution in [1.82, 2.24) is 13.8 Å². The Morgan fingerprint density at radius 3 is 2.45 bits per heavy atom. The maximum Gasteiger partial charge on any atom is 0.244 e. The van der Waals surface area contributed by atoms with Gasteiger partial charge < -0.3 is 4.57 Å². The zero-order valence-electron chi connectivity index (χ0n) is 11.9. The lowest BCUT2D eigenvalue weighted by atomic mass is 10.1. The Bertz CT molecular complexity index is 617. The second-order valence-electron chi connectivity index (χ2n) is 5.28. The van der Waals surface area contributed by atoms with Crippen LogP contribution >= 0.6 is 12.2 Å². The molecule has 20 heavy (non-hydrogen) atoms. The molecule has 5 nitrogen and oxygen atoms in total. The van der Waals surface area contributed by atoms with E-state index >= 15 is 0 Å². The molecular formula is C13H21N3O2S2. The SMILES string of the molecule is CN(C)S(=O)(=O)c1ccc(=S)n(CN2CCCCC2)c1. The lowest BCUT2D eigenvalue weighted by Crippen LogP contribution is -2.32. The first-order valence-corrected chi connectivity index (χ1v) is 8.61. The van der Waals surface area contributed by atoms with Crippen LogP contribution in [-0.4, -0.2) is 49.4 Å². The van der Waals surface area contributed by atoms with E-state index in [0.29, 0.717) is 11.3 Å². The van der Waals surface area contributed by atoms with Crippen molar-refractivity contribution in [2.24, 2.45) is 0 Å². The molecule has 7 heteroatoms. The van der Waals surface area contributed by atoms with Gasteiger partial charge >= 0.3 is 0 Å². The highest BCUT2D eigenvalue weighted by Gasteiger charge is 2.18. The molecule has 0 N–H and O–H groups in total. The average molecular weight is 315 g/mol. The average Bonchev–Trinajstić information content (AvgIpc) is 2.42. The van der Waals surface area contributed by atoms with Crippen LogP contribution in [0.5, 0.6) is 0 Å². The van der Waals surface area contributed by atoms with E-state index in [1.54, 1.807) is 18.3 Å². The van der Waals surface area contributed by atoms with Crippen molar-refractivity contribution < 1.29 is 8.42 Å². The van der Waals surface area contributed by atoms with Crippen LogP contribution in [0.3, 0.4) is 0 Å². The van der Waals surface area contributed by atoms with Crippen LogP contribution in [0.15, 0.2) is 23.2 Å². The van der Waals surface area contributed by atoms with Gasteiger partial charge in [-0.2, -0.15) is 0 Å². The minimum Gasteiger partial charge on any atom is -0.324 e. The smallest absolute Gasteiger partial charge is 0.244 e. The molecule has 0 spiro atoms. The van der Waals surface area contributed by atoms with Gasteiger partial charge in [-0.15, -0.1) is 0 Å². The normalized spacial score (nSPS) is 17.6. The van der Waals surface area contributed by atoms with Gasteiger partial charge in [0, 0.05) is 20.3 Å². The van der Waals surface area contributed by atoms with Crippen molar-refractivity contribution in [3.8, 4) is 0 Å². The Kier molecular flexibility index (Phi) is 4.95. The number of hydrogen-bond acceptors (Lipinski definition) is 4. The standard InChI is InChI=1S/C13H21N3O2S2/c1-14(2)20(17,18)12-6-7-13(19)16(10-12)11-15-8-4-3-5-9-15/h6-7,10H,3-5,8-9,11H2,1-2H3. The molecule has 0 saturated carbocycles. The highest BCUT2D eigenvalue weighted by atomic mass is 32.2. The van der Waals surface area contributed by atoms with E-state index in [4.69, 9.17) is 12.2 Å². The molecule has 1 aliphatic rings. The summed E-state index contributed by atoms with van der Waals surface area (Å²) in [6.07, 6.45) is 5.31. The Hall–Kier alpha value is -0.760.